The molecule has 2 nitrogen and oxygen atoms in total. The van der Waals surface area contributed by atoms with Gasteiger partial charge < -0.3 is 5.32 Å². The van der Waals surface area contributed by atoms with Gasteiger partial charge in [-0.2, -0.15) is 0 Å². The van der Waals surface area contributed by atoms with Gasteiger partial charge in [-0.05, 0) is 0 Å². The minimum absolute atomic E-state index is 0. The van der Waals surface area contributed by atoms with Crippen molar-refractivity contribution in [1.82, 2.24) is 5.32 Å². The van der Waals surface area contributed by atoms with Gasteiger partial charge >= 0.3 is 0 Å². The van der Waals surface area contributed by atoms with Gasteiger partial charge in [0.25, 0.3) is 0 Å². The van der Waals surface area contributed by atoms with Gasteiger partial charge in [-0.25, -0.2) is 0 Å². The summed E-state index contributed by atoms with van der Waals surface area (Å²) in [6, 6.07) is 0. The maximum Gasteiger partial charge on any atom is 0.216 e. The Morgan fingerprint density at radius 2 is 1.83 bits per heavy atom. The van der Waals surface area contributed by atoms with Crippen molar-refractivity contribution in [2.75, 3.05) is 7.05 Å². The number of carbonyl (C=O) groups is 1. The first-order valence-corrected chi connectivity index (χ1v) is 1.45. The molecule has 0 bridgehead atoms. The molecule has 6 heavy (non-hydrogen) atoms. The first-order chi connectivity index (χ1) is 2.27. The van der Waals surface area contributed by atoms with Crippen LogP contribution < -0.4 is 5.32 Å². The molecule has 0 rings (SSSR count). The normalized spacial score (nSPS) is 5.67. The molecule has 3 heteroatoms. The van der Waals surface area contributed by atoms with Crippen molar-refractivity contribution in [2.45, 2.75) is 6.92 Å². The zero-order chi connectivity index (χ0) is 4.28. The van der Waals surface area contributed by atoms with Crippen molar-refractivity contribution in [3.8, 4) is 0 Å². The molecule has 37 valence electrons. The maximum absolute atomic E-state index is 9.70. The van der Waals surface area contributed by atoms with E-state index in [1.807, 2.05) is 0 Å². The average molecular weight is 259 g/mol. The molecule has 0 spiro atoms. The standard InChI is InChI=1S/C3H7NO.Re/c1-3(5)4-2;/h1-2H3,(H,4,5);. The monoisotopic (exact) mass is 260 g/mol. The van der Waals surface area contributed by atoms with Crippen LogP contribution in [0.4, 0.5) is 0 Å². The quantitative estimate of drug-likeness (QED) is 0.638. The summed E-state index contributed by atoms with van der Waals surface area (Å²) >= 11 is 0. The third-order valence-corrected chi connectivity index (χ3v) is 0.352. The Bertz CT molecular complexity index is 46.1. The zero-order valence-electron chi connectivity index (χ0n) is 3.79. The van der Waals surface area contributed by atoms with Crippen molar-refractivity contribution in [3.63, 3.8) is 0 Å². The number of hydrogen-bond acceptors (Lipinski definition) is 1. The summed E-state index contributed by atoms with van der Waals surface area (Å²) in [7, 11) is 1.60. The summed E-state index contributed by atoms with van der Waals surface area (Å²) in [6.07, 6.45) is 0. The molecule has 1 N–H and O–H groups in total. The maximum atomic E-state index is 9.70. The first kappa shape index (κ1) is 9.46. The van der Waals surface area contributed by atoms with Crippen LogP contribution in [0.2, 0.25) is 0 Å². The molecule has 0 fully saturated rings. The molecule has 0 unspecified atom stereocenters. The van der Waals surface area contributed by atoms with E-state index in [4.69, 9.17) is 0 Å². The van der Waals surface area contributed by atoms with Crippen LogP contribution in [0, 0.1) is 0 Å². The molecule has 0 aromatic heterocycles. The van der Waals surface area contributed by atoms with E-state index in [2.05, 4.69) is 5.32 Å². The van der Waals surface area contributed by atoms with E-state index in [0.717, 1.165) is 0 Å². The second-order valence-electron chi connectivity index (χ2n) is 0.806. The summed E-state index contributed by atoms with van der Waals surface area (Å²) in [6.45, 7) is 1.47. The number of rotatable bonds is 0. The van der Waals surface area contributed by atoms with Gasteiger partial charge in [-0.3, -0.25) is 4.79 Å². The van der Waals surface area contributed by atoms with E-state index in [0.29, 0.717) is 0 Å². The summed E-state index contributed by atoms with van der Waals surface area (Å²) in [5, 5.41) is 2.39. The molecule has 0 saturated heterocycles. The third-order valence-electron chi connectivity index (χ3n) is 0.352. The summed E-state index contributed by atoms with van der Waals surface area (Å²) in [4.78, 5) is 9.70. The Hall–Kier alpha value is 0.132. The molecule has 0 aliphatic carbocycles. The van der Waals surface area contributed by atoms with E-state index in [9.17, 15) is 4.79 Å². The number of hydrogen-bond donors (Lipinski definition) is 1. The van der Waals surface area contributed by atoms with Gasteiger partial charge in [0.1, 0.15) is 0 Å². The Balaban J connectivity index is 0. The van der Waals surface area contributed by atoms with Gasteiger partial charge in [0.2, 0.25) is 5.91 Å². The molecule has 1 amide bonds. The van der Waals surface area contributed by atoms with Gasteiger partial charge in [0.15, 0.2) is 0 Å². The van der Waals surface area contributed by atoms with E-state index in [1.54, 1.807) is 7.05 Å². The molecule has 0 aromatic carbocycles. The minimum Gasteiger partial charge on any atom is -0.359 e. The summed E-state index contributed by atoms with van der Waals surface area (Å²) in [5.74, 6) is 0.00463. The largest absolute Gasteiger partial charge is 0.359 e. The van der Waals surface area contributed by atoms with Crippen LogP contribution in [-0.4, -0.2) is 13.0 Å². The number of nitrogens with one attached hydrogen (secondary N) is 1. The predicted octanol–water partition coefficient (Wildman–Crippen LogP) is -0.250. The van der Waals surface area contributed by atoms with Crippen LogP contribution in [0.1, 0.15) is 6.92 Å². The average Bonchev–Trinajstić information content (AvgIpc) is 1.38. The Labute approximate surface area is 51.0 Å². The van der Waals surface area contributed by atoms with Crippen molar-refractivity contribution in [1.29, 1.82) is 0 Å². The van der Waals surface area contributed by atoms with Crippen LogP contribution in [0.15, 0.2) is 0 Å². The molecule has 0 aromatic rings. The fraction of sp³-hybridized carbons (Fsp3) is 0.667. The minimum atomic E-state index is 0. The summed E-state index contributed by atoms with van der Waals surface area (Å²) < 4.78 is 0. The van der Waals surface area contributed by atoms with Crippen LogP contribution in [0.3, 0.4) is 0 Å². The SMILES string of the molecule is CNC(C)=O.[Re]. The summed E-state index contributed by atoms with van der Waals surface area (Å²) in [5.41, 5.74) is 0. The third kappa shape index (κ3) is 8.92. The van der Waals surface area contributed by atoms with Crippen LogP contribution >= 0.6 is 0 Å². The van der Waals surface area contributed by atoms with Crippen LogP contribution in [-0.2, 0) is 25.2 Å². The second kappa shape index (κ2) is 5.13. The first-order valence-electron chi connectivity index (χ1n) is 1.45. The van der Waals surface area contributed by atoms with E-state index in [-0.39, 0.29) is 26.3 Å². The van der Waals surface area contributed by atoms with Gasteiger partial charge in [-0.1, -0.05) is 0 Å². The van der Waals surface area contributed by atoms with E-state index in [1.165, 1.54) is 6.92 Å². The Morgan fingerprint density at radius 1 is 1.67 bits per heavy atom. The Kier molecular flexibility index (Phi) is 8.09. The van der Waals surface area contributed by atoms with E-state index < -0.39 is 0 Å². The van der Waals surface area contributed by atoms with Crippen molar-refractivity contribution in [2.24, 2.45) is 0 Å². The van der Waals surface area contributed by atoms with Crippen molar-refractivity contribution >= 4 is 5.91 Å². The molecule has 0 aliphatic heterocycles. The van der Waals surface area contributed by atoms with Crippen molar-refractivity contribution in [3.05, 3.63) is 0 Å². The molecule has 0 heterocycles. The van der Waals surface area contributed by atoms with Gasteiger partial charge in [-0.15, -0.1) is 0 Å². The van der Waals surface area contributed by atoms with Crippen molar-refractivity contribution < 1.29 is 25.2 Å². The molecular formula is C3H7NORe. The number of carbonyl (C=O) groups excluding carboxylic acids is 1. The Morgan fingerprint density at radius 3 is 1.83 bits per heavy atom. The van der Waals surface area contributed by atoms with Gasteiger partial charge in [0.05, 0.1) is 0 Å². The smallest absolute Gasteiger partial charge is 0.216 e. The topological polar surface area (TPSA) is 29.1 Å². The van der Waals surface area contributed by atoms with Crippen LogP contribution in [0.5, 0.6) is 0 Å². The molecule has 1 radical (unpaired) electrons. The molecule has 0 atom stereocenters. The molecule has 0 saturated carbocycles. The molecular weight excluding hydrogens is 252 g/mol. The van der Waals surface area contributed by atoms with Crippen LogP contribution in [0.25, 0.3) is 0 Å². The van der Waals surface area contributed by atoms with Gasteiger partial charge in [0, 0.05) is 34.4 Å². The zero-order valence-corrected chi connectivity index (χ0v) is 6.50. The fourth-order valence-corrected chi connectivity index (χ4v) is 0. The van der Waals surface area contributed by atoms with E-state index >= 15 is 0 Å². The predicted molar refractivity (Wildman–Crippen MR) is 19.7 cm³/mol. The molecule has 0 aliphatic rings. The second-order valence-corrected chi connectivity index (χ2v) is 0.806. The fourth-order valence-electron chi connectivity index (χ4n) is 0. The number of amides is 1.